The van der Waals surface area contributed by atoms with Gasteiger partial charge in [-0.15, -0.1) is 0 Å². The van der Waals surface area contributed by atoms with E-state index in [4.69, 9.17) is 23.7 Å². The van der Waals surface area contributed by atoms with E-state index in [9.17, 15) is 91.3 Å². The Bertz CT molecular complexity index is 2110. The Morgan fingerprint density at radius 1 is 0.679 bits per heavy atom. The lowest BCUT2D eigenvalue weighted by molar-refractivity contribution is -0.323. The first kappa shape index (κ1) is 69.8. The molecule has 0 aromatic carbocycles. The second kappa shape index (κ2) is 33.7. The van der Waals surface area contributed by atoms with Crippen LogP contribution in [0.25, 0.3) is 0 Å². The van der Waals surface area contributed by atoms with E-state index in [0.717, 1.165) is 0 Å². The summed E-state index contributed by atoms with van der Waals surface area (Å²) in [5, 5.41) is 178. The van der Waals surface area contributed by atoms with Gasteiger partial charge in [-0.1, -0.05) is 98.9 Å². The number of rotatable bonds is 9. The molecular weight excluding hydrogens is 1070 g/mol. The van der Waals surface area contributed by atoms with E-state index < -0.39 is 210 Å². The summed E-state index contributed by atoms with van der Waals surface area (Å²) in [6.45, 7) is 4.17. The van der Waals surface area contributed by atoms with Gasteiger partial charge >= 0.3 is 5.97 Å². The van der Waals surface area contributed by atoms with Crippen LogP contribution in [0, 0.1) is 17.8 Å². The summed E-state index contributed by atoms with van der Waals surface area (Å²) in [6.07, 6.45) is -6.03. The summed E-state index contributed by atoms with van der Waals surface area (Å²) in [6, 6.07) is -1.38. The molecule has 4 unspecified atom stereocenters. The Morgan fingerprint density at radius 2 is 1.28 bits per heavy atom. The summed E-state index contributed by atoms with van der Waals surface area (Å²) in [5.41, 5.74) is 0. The molecule has 81 heavy (non-hydrogen) atoms. The zero-order valence-corrected chi connectivity index (χ0v) is 46.3. The fourth-order valence-electron chi connectivity index (χ4n) is 9.91. The summed E-state index contributed by atoms with van der Waals surface area (Å²) in [4.78, 5) is 26.6. The third-order valence-electron chi connectivity index (χ3n) is 15.0. The first-order valence-electron chi connectivity index (χ1n) is 27.6. The highest BCUT2D eigenvalue weighted by molar-refractivity contribution is 5.80. The van der Waals surface area contributed by atoms with Crippen molar-refractivity contribution in [3.63, 3.8) is 0 Å². The first-order chi connectivity index (χ1) is 38.2. The molecule has 0 aromatic heterocycles. The maximum absolute atomic E-state index is 13.8. The van der Waals surface area contributed by atoms with Gasteiger partial charge in [-0.3, -0.25) is 9.59 Å². The molecule has 0 spiro atoms. The van der Waals surface area contributed by atoms with E-state index in [1.165, 1.54) is 19.1 Å². The van der Waals surface area contributed by atoms with E-state index >= 15 is 0 Å². The van der Waals surface area contributed by atoms with Gasteiger partial charge in [-0.2, -0.15) is 0 Å². The molecule has 4 heterocycles. The molecule has 4 rings (SSSR count). The van der Waals surface area contributed by atoms with Gasteiger partial charge in [0.25, 0.3) is 0 Å². The van der Waals surface area contributed by atoms with Gasteiger partial charge in [0.2, 0.25) is 11.7 Å². The molecule has 4 aliphatic heterocycles. The molecule has 24 atom stereocenters. The van der Waals surface area contributed by atoms with Crippen LogP contribution in [0.5, 0.6) is 0 Å². The van der Waals surface area contributed by atoms with E-state index in [2.05, 4.69) is 10.6 Å². The predicted molar refractivity (Wildman–Crippen MR) is 288 cm³/mol. The number of cyclic esters (lactones) is 1. The van der Waals surface area contributed by atoms with Gasteiger partial charge in [-0.05, 0) is 33.1 Å². The van der Waals surface area contributed by atoms with E-state index in [-0.39, 0.29) is 25.2 Å². The number of aliphatic hydroxyl groups excluding tert-OH is 14. The first-order valence-corrected chi connectivity index (χ1v) is 27.6. The molecule has 0 aromatic rings. The number of hydrogen-bond acceptors (Lipinski definition) is 24. The highest BCUT2D eigenvalue weighted by Gasteiger charge is 2.53. The van der Waals surface area contributed by atoms with Gasteiger partial charge in [-0.25, -0.2) is 0 Å². The van der Waals surface area contributed by atoms with Crippen molar-refractivity contribution in [3.05, 3.63) is 85.1 Å². The number of nitrogens with one attached hydrogen (secondary N) is 2. The van der Waals surface area contributed by atoms with Gasteiger partial charge in [0.05, 0.1) is 111 Å². The zero-order valence-electron chi connectivity index (χ0n) is 46.3. The van der Waals surface area contributed by atoms with Crippen molar-refractivity contribution >= 4 is 11.9 Å². The second-order valence-electron chi connectivity index (χ2n) is 21.8. The van der Waals surface area contributed by atoms with Crippen LogP contribution in [0.15, 0.2) is 85.1 Å². The minimum Gasteiger partial charge on any atom is -0.462 e. The Morgan fingerprint density at radius 3 is 1.90 bits per heavy atom. The number of aliphatic hydroxyl groups is 16. The van der Waals surface area contributed by atoms with Gasteiger partial charge in [0.15, 0.2) is 12.1 Å². The fraction of sp³-hybridized carbons (Fsp3) is 0.714. The monoisotopic (exact) mass is 1160 g/mol. The molecule has 4 aliphatic rings. The lowest BCUT2D eigenvalue weighted by atomic mass is 9.82. The maximum Gasteiger partial charge on any atom is 0.308 e. The largest absolute Gasteiger partial charge is 0.462 e. The Balaban J connectivity index is 1.65. The molecule has 462 valence electrons. The lowest BCUT2D eigenvalue weighted by Gasteiger charge is -2.47. The summed E-state index contributed by atoms with van der Waals surface area (Å²) >= 11 is 0. The summed E-state index contributed by atoms with van der Waals surface area (Å²) < 4.78 is 29.1. The highest BCUT2D eigenvalue weighted by Crippen LogP contribution is 2.38. The minimum absolute atomic E-state index is 0.156. The van der Waals surface area contributed by atoms with Crippen LogP contribution in [0.4, 0.5) is 0 Å². The molecule has 0 aliphatic carbocycles. The zero-order chi connectivity index (χ0) is 60.2. The molecule has 25 nitrogen and oxygen atoms in total. The van der Waals surface area contributed by atoms with Crippen LogP contribution >= 0.6 is 0 Å². The molecule has 18 N–H and O–H groups in total. The van der Waals surface area contributed by atoms with Crippen LogP contribution in [-0.2, 0) is 33.3 Å². The summed E-state index contributed by atoms with van der Waals surface area (Å²) in [5.74, 6) is -8.93. The Labute approximate surface area is 472 Å². The normalized spacial score (nSPS) is 45.0. The Hall–Kier alpha value is -3.72. The summed E-state index contributed by atoms with van der Waals surface area (Å²) in [7, 11) is 0. The van der Waals surface area contributed by atoms with Crippen LogP contribution < -0.4 is 10.6 Å². The average Bonchev–Trinajstić information content (AvgIpc) is 3.41. The van der Waals surface area contributed by atoms with Crippen LogP contribution in [-0.4, -0.2) is 248 Å². The lowest BCUT2D eigenvalue weighted by Crippen LogP contribution is -2.69. The van der Waals surface area contributed by atoms with Crippen molar-refractivity contribution in [2.45, 2.75) is 207 Å². The number of hydrogen-bond donors (Lipinski definition) is 18. The topological polar surface area (TPSA) is 428 Å². The van der Waals surface area contributed by atoms with E-state index in [0.29, 0.717) is 0 Å². The van der Waals surface area contributed by atoms with Crippen molar-refractivity contribution in [2.75, 3.05) is 26.3 Å². The third kappa shape index (κ3) is 22.0. The number of esters is 1. The van der Waals surface area contributed by atoms with Gasteiger partial charge < -0.3 is 116 Å². The van der Waals surface area contributed by atoms with E-state index in [1.54, 1.807) is 86.8 Å². The standard InChI is InChI=1S/C56H90N2O23/c1-31-17-15-13-11-9-7-5-6-8-10-12-14-16-18-39(80-54-51(72)47(49(70)34(4)79-54)58-30-56(76)52(73)50(71)43(67)29-77-56)24-44-46(53(74)57-27-38(63)28-59)42(66)26-55(75,81-44)25-37(62)22-41(65)40(64)20-19-35(60)21-36(61)23-45(68)78-33(3)32(2)48(31)69/h5-18,31-44,46-52,54,58-67,69-73,75-76H,19-30H2,1-4H3,(H,57,74)/b6-5+,9-7+,10-8+,13-11+,14-12+,17-15+,18-16+/t31-,32-,33-,34+,35+,36+,37-,38?,39-,40+,41+,42-,43+,44?,46?,47-,48+,49+,50-,51-,52-,54?,55+,56+/m0/s1. The third-order valence-corrected chi connectivity index (χ3v) is 15.0. The Kier molecular flexibility index (Phi) is 29.0. The highest BCUT2D eigenvalue weighted by atomic mass is 16.7. The molecule has 0 saturated carbocycles. The minimum atomic E-state index is -2.49. The van der Waals surface area contributed by atoms with Crippen molar-refractivity contribution in [1.29, 1.82) is 0 Å². The van der Waals surface area contributed by atoms with Crippen molar-refractivity contribution < 1.29 is 115 Å². The number of amides is 1. The smallest absolute Gasteiger partial charge is 0.308 e. The quantitative estimate of drug-likeness (QED) is 0.0998. The number of ether oxygens (including phenoxy) is 5. The maximum atomic E-state index is 13.8. The van der Waals surface area contributed by atoms with Gasteiger partial charge in [0.1, 0.15) is 30.5 Å². The molecule has 1 amide bonds. The number of fused-ring (bicyclic) bond motifs is 2. The average molecular weight is 1160 g/mol. The van der Waals surface area contributed by atoms with Crippen molar-refractivity contribution in [2.24, 2.45) is 17.8 Å². The molecule has 3 fully saturated rings. The second-order valence-corrected chi connectivity index (χ2v) is 21.8. The predicted octanol–water partition coefficient (Wildman–Crippen LogP) is -3.47. The SMILES string of the molecule is C[C@@H]1[C@H](O)[C@@H](C)/C=C/C=C/C=C/C=C/C=C/C=C/C=C/[C@H](OC2O[C@H](C)[C@@H](O)[C@H](NC[C@@]3(O)OC[C@@H](O)[C@H](O)[C@@H]3O)[C@@H]2O)CC2O[C@](O)(C[C@@H](O)C[C@@H](O)[C@H](O)CC[C@@H](O)C[C@@H](O)CC(=O)O[C@H]1C)C[C@H](O)C2C(=O)NCC(O)CO. The van der Waals surface area contributed by atoms with Crippen LogP contribution in [0.2, 0.25) is 0 Å². The molecule has 0 radical (unpaired) electrons. The molecule has 25 heteroatoms. The molecule has 2 bridgehead atoms. The molecule has 3 saturated heterocycles. The van der Waals surface area contributed by atoms with Gasteiger partial charge in [0, 0.05) is 44.1 Å². The van der Waals surface area contributed by atoms with Crippen molar-refractivity contribution in [1.82, 2.24) is 10.6 Å². The van der Waals surface area contributed by atoms with Crippen molar-refractivity contribution in [3.8, 4) is 0 Å². The van der Waals surface area contributed by atoms with Crippen LogP contribution in [0.1, 0.15) is 79.1 Å². The number of carbonyl (C=O) groups is 2. The molecular formula is C56H90N2O23. The van der Waals surface area contributed by atoms with Crippen LogP contribution in [0.3, 0.4) is 0 Å². The fourth-order valence-corrected chi connectivity index (χ4v) is 9.91. The number of allylic oxidation sites excluding steroid dienone is 12. The van der Waals surface area contributed by atoms with E-state index in [1.807, 2.05) is 6.92 Å². The number of carbonyl (C=O) groups excluding carboxylic acids is 2.